The van der Waals surface area contributed by atoms with Gasteiger partial charge in [0.25, 0.3) is 5.91 Å². The molecule has 1 aliphatic heterocycles. The minimum atomic E-state index is -0.0175. The van der Waals surface area contributed by atoms with Crippen LogP contribution >= 0.6 is 0 Å². The summed E-state index contributed by atoms with van der Waals surface area (Å²) in [7, 11) is 0. The second-order valence-electron chi connectivity index (χ2n) is 5.06. The van der Waals surface area contributed by atoms with E-state index in [1.165, 1.54) is 0 Å². The Labute approximate surface area is 114 Å². The van der Waals surface area contributed by atoms with E-state index in [1.807, 2.05) is 4.90 Å². The quantitative estimate of drug-likeness (QED) is 0.889. The topological polar surface area (TPSA) is 62.5 Å². The fourth-order valence-corrected chi connectivity index (χ4v) is 2.35. The Morgan fingerprint density at radius 3 is 2.68 bits per heavy atom. The summed E-state index contributed by atoms with van der Waals surface area (Å²) in [5.41, 5.74) is 6.71. The lowest BCUT2D eigenvalue weighted by Crippen LogP contribution is -2.51. The molecule has 0 aliphatic carbocycles. The number of carbonyl (C=O) groups is 1. The molecule has 2 N–H and O–H groups in total. The molecule has 1 fully saturated rings. The van der Waals surface area contributed by atoms with Crippen LogP contribution in [-0.2, 0) is 0 Å². The maximum absolute atomic E-state index is 12.3. The highest BCUT2D eigenvalue weighted by atomic mass is 16.2. The normalized spacial score (nSPS) is 18.3. The first-order valence-electron chi connectivity index (χ1n) is 6.86. The summed E-state index contributed by atoms with van der Waals surface area (Å²) in [6.45, 7) is 7.82. The molecule has 104 valence electrons. The van der Waals surface area contributed by atoms with E-state index in [-0.39, 0.29) is 5.91 Å². The van der Waals surface area contributed by atoms with E-state index in [1.54, 1.807) is 18.3 Å². The zero-order chi connectivity index (χ0) is 13.8. The first-order chi connectivity index (χ1) is 9.11. The van der Waals surface area contributed by atoms with Gasteiger partial charge in [-0.1, -0.05) is 6.92 Å². The van der Waals surface area contributed by atoms with Gasteiger partial charge in [-0.2, -0.15) is 0 Å². The number of nitrogens with two attached hydrogens (primary N) is 1. The van der Waals surface area contributed by atoms with Crippen molar-refractivity contribution in [2.75, 3.05) is 31.9 Å². The third kappa shape index (κ3) is 3.23. The van der Waals surface area contributed by atoms with Gasteiger partial charge in [0.1, 0.15) is 5.69 Å². The van der Waals surface area contributed by atoms with Gasteiger partial charge in [0, 0.05) is 44.1 Å². The van der Waals surface area contributed by atoms with E-state index in [2.05, 4.69) is 23.7 Å². The lowest BCUT2D eigenvalue weighted by molar-refractivity contribution is 0.0574. The molecule has 1 saturated heterocycles. The Bertz CT molecular complexity index is 441. The molecule has 0 radical (unpaired) electrons. The molecule has 1 unspecified atom stereocenters. The Hall–Kier alpha value is -1.62. The summed E-state index contributed by atoms with van der Waals surface area (Å²) in [6, 6.07) is 3.92. The van der Waals surface area contributed by atoms with Gasteiger partial charge in [-0.3, -0.25) is 14.7 Å². The molecule has 19 heavy (non-hydrogen) atoms. The summed E-state index contributed by atoms with van der Waals surface area (Å²) < 4.78 is 0. The second kappa shape index (κ2) is 6.02. The van der Waals surface area contributed by atoms with Crippen molar-refractivity contribution in [3.8, 4) is 0 Å². The molecule has 0 bridgehead atoms. The van der Waals surface area contributed by atoms with Crippen LogP contribution < -0.4 is 5.73 Å². The lowest BCUT2D eigenvalue weighted by atomic mass is 10.2. The van der Waals surface area contributed by atoms with E-state index in [4.69, 9.17) is 5.73 Å². The number of rotatable bonds is 3. The third-order valence-corrected chi connectivity index (χ3v) is 3.82. The molecular formula is C14H22N4O. The van der Waals surface area contributed by atoms with Crippen LogP contribution in [0.5, 0.6) is 0 Å². The number of amides is 1. The first-order valence-corrected chi connectivity index (χ1v) is 6.86. The van der Waals surface area contributed by atoms with Gasteiger partial charge in [0.15, 0.2) is 0 Å². The Kier molecular flexibility index (Phi) is 4.37. The molecule has 5 nitrogen and oxygen atoms in total. The van der Waals surface area contributed by atoms with Gasteiger partial charge in [-0.05, 0) is 25.5 Å². The van der Waals surface area contributed by atoms with E-state index in [0.29, 0.717) is 17.4 Å². The minimum Gasteiger partial charge on any atom is -0.399 e. The zero-order valence-corrected chi connectivity index (χ0v) is 11.7. The van der Waals surface area contributed by atoms with Crippen molar-refractivity contribution in [3.05, 3.63) is 24.0 Å². The average molecular weight is 262 g/mol. The van der Waals surface area contributed by atoms with Crippen molar-refractivity contribution in [2.45, 2.75) is 26.3 Å². The molecule has 0 aromatic carbocycles. The molecule has 1 aromatic heterocycles. The van der Waals surface area contributed by atoms with Crippen molar-refractivity contribution in [3.63, 3.8) is 0 Å². The van der Waals surface area contributed by atoms with Crippen LogP contribution in [0.4, 0.5) is 5.69 Å². The highest BCUT2D eigenvalue weighted by Crippen LogP contribution is 2.12. The van der Waals surface area contributed by atoms with E-state index < -0.39 is 0 Å². The molecular weight excluding hydrogens is 240 g/mol. The zero-order valence-electron chi connectivity index (χ0n) is 11.7. The van der Waals surface area contributed by atoms with Gasteiger partial charge in [0.2, 0.25) is 0 Å². The van der Waals surface area contributed by atoms with E-state index >= 15 is 0 Å². The summed E-state index contributed by atoms with van der Waals surface area (Å²) in [5, 5.41) is 0. The lowest BCUT2D eigenvalue weighted by Gasteiger charge is -2.37. The van der Waals surface area contributed by atoms with E-state index in [0.717, 1.165) is 32.6 Å². The molecule has 1 aliphatic rings. The van der Waals surface area contributed by atoms with E-state index in [9.17, 15) is 4.79 Å². The highest BCUT2D eigenvalue weighted by molar-refractivity contribution is 5.93. The fourth-order valence-electron chi connectivity index (χ4n) is 2.35. The number of pyridine rings is 1. The van der Waals surface area contributed by atoms with Crippen molar-refractivity contribution in [1.29, 1.82) is 0 Å². The van der Waals surface area contributed by atoms with Crippen LogP contribution in [0.2, 0.25) is 0 Å². The molecule has 5 heteroatoms. The van der Waals surface area contributed by atoms with Gasteiger partial charge in [-0.15, -0.1) is 0 Å². The minimum absolute atomic E-state index is 0.0175. The number of hydrogen-bond acceptors (Lipinski definition) is 4. The number of nitrogen functional groups attached to an aromatic ring is 1. The maximum atomic E-state index is 12.3. The van der Waals surface area contributed by atoms with Crippen LogP contribution in [-0.4, -0.2) is 52.9 Å². The highest BCUT2D eigenvalue weighted by Gasteiger charge is 2.24. The Morgan fingerprint density at radius 1 is 1.42 bits per heavy atom. The fraction of sp³-hybridized carbons (Fsp3) is 0.571. The molecule has 2 heterocycles. The molecule has 1 atom stereocenters. The number of anilines is 1. The molecule has 2 rings (SSSR count). The van der Waals surface area contributed by atoms with Gasteiger partial charge in [0.05, 0.1) is 0 Å². The number of nitrogens with zero attached hydrogens (tertiary/aromatic N) is 3. The largest absolute Gasteiger partial charge is 0.399 e. The number of aromatic nitrogens is 1. The number of carbonyl (C=O) groups excluding carboxylic acids is 1. The SMILES string of the molecule is CCC(C)N1CCN(C(=O)c2cc(N)ccn2)CC1. The summed E-state index contributed by atoms with van der Waals surface area (Å²) >= 11 is 0. The smallest absolute Gasteiger partial charge is 0.272 e. The monoisotopic (exact) mass is 262 g/mol. The Balaban J connectivity index is 1.96. The molecule has 1 amide bonds. The average Bonchev–Trinajstić information content (AvgIpc) is 2.46. The van der Waals surface area contributed by atoms with Gasteiger partial charge in [-0.25, -0.2) is 0 Å². The van der Waals surface area contributed by atoms with Gasteiger partial charge >= 0.3 is 0 Å². The maximum Gasteiger partial charge on any atom is 0.272 e. The van der Waals surface area contributed by atoms with Crippen LogP contribution in [0.15, 0.2) is 18.3 Å². The molecule has 0 saturated carbocycles. The summed E-state index contributed by atoms with van der Waals surface area (Å²) in [6.07, 6.45) is 2.72. The van der Waals surface area contributed by atoms with Crippen LogP contribution in [0.1, 0.15) is 30.8 Å². The van der Waals surface area contributed by atoms with Crippen LogP contribution in [0.3, 0.4) is 0 Å². The first kappa shape index (κ1) is 13.8. The Morgan fingerprint density at radius 2 is 2.11 bits per heavy atom. The molecule has 1 aromatic rings. The van der Waals surface area contributed by atoms with Crippen LogP contribution in [0, 0.1) is 0 Å². The van der Waals surface area contributed by atoms with Crippen molar-refractivity contribution in [1.82, 2.24) is 14.8 Å². The van der Waals surface area contributed by atoms with Crippen molar-refractivity contribution in [2.24, 2.45) is 0 Å². The predicted molar refractivity (Wildman–Crippen MR) is 75.9 cm³/mol. The summed E-state index contributed by atoms with van der Waals surface area (Å²) in [4.78, 5) is 20.7. The second-order valence-corrected chi connectivity index (χ2v) is 5.06. The standard InChI is InChI=1S/C14H22N4O/c1-3-11(2)17-6-8-18(9-7-17)14(19)13-10-12(15)4-5-16-13/h4-5,10-11H,3,6-9H2,1-2H3,(H2,15,16). The molecule has 0 spiro atoms. The van der Waals surface area contributed by atoms with Crippen LogP contribution in [0.25, 0.3) is 0 Å². The summed E-state index contributed by atoms with van der Waals surface area (Å²) in [5.74, 6) is -0.0175. The van der Waals surface area contributed by atoms with Crippen molar-refractivity contribution < 1.29 is 4.79 Å². The third-order valence-electron chi connectivity index (χ3n) is 3.82. The van der Waals surface area contributed by atoms with Gasteiger partial charge < -0.3 is 10.6 Å². The van der Waals surface area contributed by atoms with Crippen molar-refractivity contribution >= 4 is 11.6 Å². The number of hydrogen-bond donors (Lipinski definition) is 1. The predicted octanol–water partition coefficient (Wildman–Crippen LogP) is 1.22. The number of piperazine rings is 1.